The van der Waals surface area contributed by atoms with Crippen molar-refractivity contribution in [2.75, 3.05) is 6.54 Å². The Kier molecular flexibility index (Phi) is 5.42. The molecule has 0 unspecified atom stereocenters. The molecule has 110 valence electrons. The zero-order valence-electron chi connectivity index (χ0n) is 11.0. The Morgan fingerprint density at radius 1 is 1.00 bits per heavy atom. The summed E-state index contributed by atoms with van der Waals surface area (Å²) in [6.07, 6.45) is 3.45. The molecule has 2 rings (SSSR count). The summed E-state index contributed by atoms with van der Waals surface area (Å²) in [5, 5.41) is 1.07. The largest absolute Gasteiger partial charge is 0.240 e. The van der Waals surface area contributed by atoms with Crippen molar-refractivity contribution >= 4 is 39.3 Å². The molecular weight excluding hydrogens is 329 g/mol. The van der Waals surface area contributed by atoms with E-state index in [1.165, 1.54) is 0 Å². The van der Waals surface area contributed by atoms with E-state index >= 15 is 0 Å². The molecule has 3 nitrogen and oxygen atoms in total. The lowest BCUT2D eigenvalue weighted by Crippen LogP contribution is -2.23. The lowest BCUT2D eigenvalue weighted by molar-refractivity contribution is 0.585. The highest BCUT2D eigenvalue weighted by molar-refractivity contribution is 7.89. The quantitative estimate of drug-likeness (QED) is 0.893. The standard InChI is InChI=1S/C15H13Cl2NO2S/c16-13-9-12(10-14(17)11-13)5-4-8-18-21(19,20)15-6-2-1-3-7-15/h1-7,9-11,18H,8H2. The van der Waals surface area contributed by atoms with Crippen molar-refractivity contribution in [3.8, 4) is 0 Å². The molecule has 0 saturated carbocycles. The Labute approximate surface area is 134 Å². The first-order valence-electron chi connectivity index (χ1n) is 6.15. The Balaban J connectivity index is 1.99. The number of hydrogen-bond donors (Lipinski definition) is 1. The normalized spacial score (nSPS) is 11.9. The highest BCUT2D eigenvalue weighted by atomic mass is 35.5. The molecule has 21 heavy (non-hydrogen) atoms. The van der Waals surface area contributed by atoms with Crippen LogP contribution in [0.5, 0.6) is 0 Å². The van der Waals surface area contributed by atoms with Crippen LogP contribution in [0.1, 0.15) is 5.56 Å². The van der Waals surface area contributed by atoms with Gasteiger partial charge in [0.2, 0.25) is 10.0 Å². The second-order valence-electron chi connectivity index (χ2n) is 4.27. The van der Waals surface area contributed by atoms with Crippen molar-refractivity contribution < 1.29 is 8.42 Å². The van der Waals surface area contributed by atoms with Gasteiger partial charge in [0.1, 0.15) is 0 Å². The average molecular weight is 342 g/mol. The van der Waals surface area contributed by atoms with Crippen molar-refractivity contribution in [1.29, 1.82) is 0 Å². The SMILES string of the molecule is O=S(=O)(NCC=Cc1cc(Cl)cc(Cl)c1)c1ccccc1. The zero-order chi connectivity index (χ0) is 15.3. The van der Waals surface area contributed by atoms with E-state index in [9.17, 15) is 8.42 Å². The number of nitrogens with one attached hydrogen (secondary N) is 1. The highest BCUT2D eigenvalue weighted by Gasteiger charge is 2.10. The molecule has 2 aromatic carbocycles. The molecule has 0 heterocycles. The van der Waals surface area contributed by atoms with Crippen LogP contribution in [-0.4, -0.2) is 15.0 Å². The van der Waals surface area contributed by atoms with Gasteiger partial charge >= 0.3 is 0 Å². The van der Waals surface area contributed by atoms with Crippen LogP contribution in [-0.2, 0) is 10.0 Å². The van der Waals surface area contributed by atoms with E-state index in [-0.39, 0.29) is 11.4 Å². The molecule has 0 aliphatic rings. The number of hydrogen-bond acceptors (Lipinski definition) is 2. The summed E-state index contributed by atoms with van der Waals surface area (Å²) in [6.45, 7) is 0.182. The van der Waals surface area contributed by atoms with E-state index < -0.39 is 10.0 Å². The van der Waals surface area contributed by atoms with Crippen molar-refractivity contribution in [3.63, 3.8) is 0 Å². The molecule has 0 aromatic heterocycles. The van der Waals surface area contributed by atoms with Gasteiger partial charge in [0.05, 0.1) is 4.90 Å². The lowest BCUT2D eigenvalue weighted by atomic mass is 10.2. The third-order valence-corrected chi connectivity index (χ3v) is 4.52. The van der Waals surface area contributed by atoms with E-state index in [1.807, 2.05) is 0 Å². The molecule has 0 radical (unpaired) electrons. The molecule has 0 fully saturated rings. The molecule has 0 saturated heterocycles. The number of benzene rings is 2. The lowest BCUT2D eigenvalue weighted by Gasteiger charge is -2.04. The second kappa shape index (κ2) is 7.09. The maximum atomic E-state index is 12.0. The summed E-state index contributed by atoms with van der Waals surface area (Å²) >= 11 is 11.8. The fourth-order valence-electron chi connectivity index (χ4n) is 1.71. The number of sulfonamides is 1. The topological polar surface area (TPSA) is 46.2 Å². The van der Waals surface area contributed by atoms with E-state index in [1.54, 1.807) is 60.7 Å². The minimum Gasteiger partial charge on any atom is -0.207 e. The predicted molar refractivity (Wildman–Crippen MR) is 87.1 cm³/mol. The van der Waals surface area contributed by atoms with Crippen LogP contribution >= 0.6 is 23.2 Å². The molecule has 2 aromatic rings. The first-order chi connectivity index (χ1) is 9.97. The summed E-state index contributed by atoms with van der Waals surface area (Å²) in [5.41, 5.74) is 0.811. The summed E-state index contributed by atoms with van der Waals surface area (Å²) < 4.78 is 26.4. The van der Waals surface area contributed by atoms with Gasteiger partial charge in [-0.05, 0) is 35.9 Å². The fourth-order valence-corrected chi connectivity index (χ4v) is 3.25. The average Bonchev–Trinajstić information content (AvgIpc) is 2.44. The van der Waals surface area contributed by atoms with Gasteiger partial charge in [-0.25, -0.2) is 13.1 Å². The van der Waals surface area contributed by atoms with Crippen molar-refractivity contribution in [2.45, 2.75) is 4.90 Å². The van der Waals surface area contributed by atoms with Gasteiger partial charge in [-0.15, -0.1) is 0 Å². The Morgan fingerprint density at radius 2 is 1.62 bits per heavy atom. The van der Waals surface area contributed by atoms with Gasteiger partial charge < -0.3 is 0 Å². The molecule has 0 bridgehead atoms. The zero-order valence-corrected chi connectivity index (χ0v) is 13.3. The van der Waals surface area contributed by atoms with E-state index in [4.69, 9.17) is 23.2 Å². The van der Waals surface area contributed by atoms with Gasteiger partial charge in [-0.3, -0.25) is 0 Å². The van der Waals surface area contributed by atoms with Crippen molar-refractivity contribution in [1.82, 2.24) is 4.72 Å². The summed E-state index contributed by atoms with van der Waals surface area (Å²) in [6, 6.07) is 13.3. The summed E-state index contributed by atoms with van der Waals surface area (Å²) in [5.74, 6) is 0. The van der Waals surface area contributed by atoms with Gasteiger partial charge in [0.15, 0.2) is 0 Å². The molecule has 0 amide bonds. The minimum atomic E-state index is -3.48. The smallest absolute Gasteiger partial charge is 0.207 e. The first-order valence-corrected chi connectivity index (χ1v) is 8.39. The van der Waals surface area contributed by atoms with E-state index in [0.29, 0.717) is 10.0 Å². The first kappa shape index (κ1) is 16.0. The van der Waals surface area contributed by atoms with Gasteiger partial charge in [0, 0.05) is 16.6 Å². The maximum absolute atomic E-state index is 12.0. The van der Waals surface area contributed by atoms with Gasteiger partial charge in [-0.1, -0.05) is 53.6 Å². The Hall–Kier alpha value is -1.33. The third-order valence-electron chi connectivity index (χ3n) is 2.64. The van der Waals surface area contributed by atoms with Crippen LogP contribution in [0.15, 0.2) is 59.5 Å². The monoisotopic (exact) mass is 341 g/mol. The van der Waals surface area contributed by atoms with Crippen molar-refractivity contribution in [2.24, 2.45) is 0 Å². The Bertz CT molecular complexity index is 723. The fraction of sp³-hybridized carbons (Fsp3) is 0.0667. The summed E-state index contributed by atoms with van der Waals surface area (Å²) in [7, 11) is -3.48. The molecule has 6 heteroatoms. The van der Waals surface area contributed by atoms with Crippen LogP contribution < -0.4 is 4.72 Å². The van der Waals surface area contributed by atoms with Crippen LogP contribution in [0.25, 0.3) is 6.08 Å². The molecule has 1 N–H and O–H groups in total. The second-order valence-corrected chi connectivity index (χ2v) is 6.91. The molecular formula is C15H13Cl2NO2S. The van der Waals surface area contributed by atoms with Gasteiger partial charge in [0.25, 0.3) is 0 Å². The van der Waals surface area contributed by atoms with Crippen LogP contribution in [0, 0.1) is 0 Å². The maximum Gasteiger partial charge on any atom is 0.240 e. The third kappa shape index (κ3) is 4.86. The van der Waals surface area contributed by atoms with E-state index in [0.717, 1.165) is 5.56 Å². The summed E-state index contributed by atoms with van der Waals surface area (Å²) in [4.78, 5) is 0.240. The van der Waals surface area contributed by atoms with Gasteiger partial charge in [-0.2, -0.15) is 0 Å². The highest BCUT2D eigenvalue weighted by Crippen LogP contribution is 2.19. The van der Waals surface area contributed by atoms with Crippen LogP contribution in [0.4, 0.5) is 0 Å². The van der Waals surface area contributed by atoms with Crippen LogP contribution in [0.3, 0.4) is 0 Å². The minimum absolute atomic E-state index is 0.182. The molecule has 0 aliphatic carbocycles. The number of rotatable bonds is 5. The molecule has 0 spiro atoms. The molecule has 0 atom stereocenters. The molecule has 0 aliphatic heterocycles. The predicted octanol–water partition coefficient (Wildman–Crippen LogP) is 3.99. The van der Waals surface area contributed by atoms with Crippen LogP contribution in [0.2, 0.25) is 10.0 Å². The number of halogens is 2. The van der Waals surface area contributed by atoms with Crippen molar-refractivity contribution in [3.05, 3.63) is 70.2 Å². The van der Waals surface area contributed by atoms with E-state index in [2.05, 4.69) is 4.72 Å². The Morgan fingerprint density at radius 3 is 2.24 bits per heavy atom.